The molecule has 0 unspecified atom stereocenters. The predicted molar refractivity (Wildman–Crippen MR) is 146 cm³/mol. The largest absolute Gasteiger partial charge is 0.488 e. The molecule has 2 aliphatic rings. The molecule has 0 radical (unpaired) electrons. The molecular weight excluding hydrogens is 541 g/mol. The molecule has 2 fully saturated rings. The zero-order valence-electron chi connectivity index (χ0n) is 22.3. The van der Waals surface area contributed by atoms with Crippen molar-refractivity contribution in [1.29, 1.82) is 0 Å². The number of halogens is 1. The number of carbonyl (C=O) groups excluding carboxylic acids is 2. The summed E-state index contributed by atoms with van der Waals surface area (Å²) in [4.78, 5) is 25.9. The van der Waals surface area contributed by atoms with Crippen molar-refractivity contribution in [3.63, 3.8) is 0 Å². The van der Waals surface area contributed by atoms with Gasteiger partial charge in [0.15, 0.2) is 5.82 Å². The smallest absolute Gasteiger partial charge is 0.410 e. The van der Waals surface area contributed by atoms with Crippen LogP contribution in [0.1, 0.15) is 32.8 Å². The van der Waals surface area contributed by atoms with E-state index < -0.39 is 40.2 Å². The number of likely N-dealkylation sites (tertiary alicyclic amines) is 1. The molecule has 2 amide bonds. The lowest BCUT2D eigenvalue weighted by Crippen LogP contribution is -2.36. The summed E-state index contributed by atoms with van der Waals surface area (Å²) in [6, 6.07) is 15.5. The number of nitrogens with one attached hydrogen (secondary N) is 1. The second-order valence-corrected chi connectivity index (χ2v) is 12.3. The van der Waals surface area contributed by atoms with E-state index in [2.05, 4.69) is 0 Å². The fourth-order valence-corrected chi connectivity index (χ4v) is 5.76. The Balaban J connectivity index is 1.44. The average Bonchev–Trinajstić information content (AvgIpc) is 3.45. The molecule has 0 spiro atoms. The van der Waals surface area contributed by atoms with Crippen molar-refractivity contribution < 1.29 is 36.6 Å². The highest BCUT2D eigenvalue weighted by Crippen LogP contribution is 2.40. The van der Waals surface area contributed by atoms with E-state index >= 15 is 4.39 Å². The highest BCUT2D eigenvalue weighted by molar-refractivity contribution is 7.92. The number of benzene rings is 3. The third-order valence-electron chi connectivity index (χ3n) is 6.40. The summed E-state index contributed by atoms with van der Waals surface area (Å²) >= 11 is 0. The molecule has 5 rings (SSSR count). The lowest BCUT2D eigenvalue weighted by atomic mass is 10.1. The first-order valence-corrected chi connectivity index (χ1v) is 14.2. The summed E-state index contributed by atoms with van der Waals surface area (Å²) in [7, 11) is -4.31. The van der Waals surface area contributed by atoms with Crippen LogP contribution < -0.4 is 18.5 Å². The van der Waals surface area contributed by atoms with Crippen LogP contribution in [0.3, 0.4) is 0 Å². The first kappa shape index (κ1) is 27.5. The van der Waals surface area contributed by atoms with Crippen molar-refractivity contribution >= 4 is 38.7 Å². The van der Waals surface area contributed by atoms with Gasteiger partial charge in [0.05, 0.1) is 6.54 Å². The van der Waals surface area contributed by atoms with Crippen molar-refractivity contribution in [1.82, 2.24) is 9.62 Å². The number of hydrogen-bond acceptors (Lipinski definition) is 7. The standard InChI is InChI=1S/C28H30FN3O7S/c1-28(2,3)39-27(34)31-12-11-21(15-31)38-20-10-9-19-13-23(37-17-18-7-5-4-6-8-18)26(25(29)22(19)14-20)32-16-24(33)30-40(32,35)36/h4-10,13-14,21H,11-12,15-17H2,1-3H3,(H,30,33)/t21-/m0/s1. The maximum Gasteiger partial charge on any atom is 0.410 e. The molecule has 212 valence electrons. The van der Waals surface area contributed by atoms with Crippen LogP contribution in [-0.2, 0) is 26.3 Å². The number of amides is 2. The monoisotopic (exact) mass is 571 g/mol. The summed E-state index contributed by atoms with van der Waals surface area (Å²) in [5, 5.41) is 0.547. The van der Waals surface area contributed by atoms with Crippen LogP contribution in [0, 0.1) is 5.82 Å². The van der Waals surface area contributed by atoms with E-state index in [0.717, 1.165) is 5.56 Å². The zero-order chi connectivity index (χ0) is 28.7. The minimum absolute atomic E-state index is 0.0219. The van der Waals surface area contributed by atoms with Gasteiger partial charge < -0.3 is 19.1 Å². The molecule has 3 aromatic rings. The summed E-state index contributed by atoms with van der Waals surface area (Å²) in [6.07, 6.45) is -0.190. The van der Waals surface area contributed by atoms with Crippen molar-refractivity contribution in [3.05, 3.63) is 66.0 Å². The van der Waals surface area contributed by atoms with E-state index in [4.69, 9.17) is 14.2 Å². The minimum Gasteiger partial charge on any atom is -0.488 e. The third kappa shape index (κ3) is 5.91. The first-order chi connectivity index (χ1) is 18.9. The van der Waals surface area contributed by atoms with Gasteiger partial charge in [-0.1, -0.05) is 36.4 Å². The Morgan fingerprint density at radius 3 is 2.55 bits per heavy atom. The molecule has 2 heterocycles. The Kier molecular flexibility index (Phi) is 7.21. The van der Waals surface area contributed by atoms with Crippen LogP contribution >= 0.6 is 0 Å². The average molecular weight is 572 g/mol. The SMILES string of the molecule is CC(C)(C)OC(=O)N1CC[C@H](Oc2ccc3cc(OCc4ccccc4)c(N4CC(=O)NS4(=O)=O)c(F)c3c2)C1. The van der Waals surface area contributed by atoms with Crippen molar-refractivity contribution in [2.75, 3.05) is 23.9 Å². The molecule has 1 atom stereocenters. The predicted octanol–water partition coefficient (Wildman–Crippen LogP) is 4.13. The molecule has 0 aliphatic carbocycles. The maximum absolute atomic E-state index is 16.1. The van der Waals surface area contributed by atoms with Crippen LogP contribution in [-0.4, -0.2) is 56.7 Å². The molecule has 12 heteroatoms. The molecule has 2 saturated heterocycles. The molecule has 0 aromatic heterocycles. The Bertz CT molecular complexity index is 1560. The fraction of sp³-hybridized carbons (Fsp3) is 0.357. The molecule has 40 heavy (non-hydrogen) atoms. The molecule has 0 bridgehead atoms. The van der Waals surface area contributed by atoms with Gasteiger partial charge in [-0.2, -0.15) is 8.42 Å². The molecule has 10 nitrogen and oxygen atoms in total. The number of nitrogens with zero attached hydrogens (tertiary/aromatic N) is 2. The number of anilines is 1. The van der Waals surface area contributed by atoms with Crippen LogP contribution in [0.2, 0.25) is 0 Å². The van der Waals surface area contributed by atoms with Gasteiger partial charge in [-0.15, -0.1) is 0 Å². The van der Waals surface area contributed by atoms with Crippen LogP contribution in [0.15, 0.2) is 54.6 Å². The van der Waals surface area contributed by atoms with Crippen molar-refractivity contribution in [2.45, 2.75) is 45.5 Å². The van der Waals surface area contributed by atoms with Crippen molar-refractivity contribution in [2.24, 2.45) is 0 Å². The second kappa shape index (κ2) is 10.5. The Labute approximate surface area is 231 Å². The van der Waals surface area contributed by atoms with E-state index in [1.165, 1.54) is 6.07 Å². The maximum atomic E-state index is 16.1. The summed E-state index contributed by atoms with van der Waals surface area (Å²) < 4.78 is 61.4. The highest BCUT2D eigenvalue weighted by Gasteiger charge is 2.38. The van der Waals surface area contributed by atoms with E-state index in [1.54, 1.807) is 43.9 Å². The van der Waals surface area contributed by atoms with E-state index in [0.29, 0.717) is 35.0 Å². The number of carbonyl (C=O) groups is 2. The topological polar surface area (TPSA) is 114 Å². The van der Waals surface area contributed by atoms with Gasteiger partial charge in [-0.3, -0.25) is 4.79 Å². The highest BCUT2D eigenvalue weighted by atomic mass is 32.2. The third-order valence-corrected chi connectivity index (χ3v) is 7.77. The zero-order valence-corrected chi connectivity index (χ0v) is 23.2. The second-order valence-electron chi connectivity index (χ2n) is 10.7. The lowest BCUT2D eigenvalue weighted by molar-refractivity contribution is -0.117. The lowest BCUT2D eigenvalue weighted by Gasteiger charge is -2.24. The first-order valence-electron chi connectivity index (χ1n) is 12.8. The Hall–Kier alpha value is -4.06. The van der Waals surface area contributed by atoms with Gasteiger partial charge >= 0.3 is 16.3 Å². The molecule has 1 N–H and O–H groups in total. The van der Waals surface area contributed by atoms with Gasteiger partial charge in [-0.25, -0.2) is 18.2 Å². The number of hydrogen-bond donors (Lipinski definition) is 1. The van der Waals surface area contributed by atoms with E-state index in [-0.39, 0.29) is 29.5 Å². The van der Waals surface area contributed by atoms with Gasteiger partial charge in [0.25, 0.3) is 5.91 Å². The van der Waals surface area contributed by atoms with E-state index in [9.17, 15) is 18.0 Å². The summed E-state index contributed by atoms with van der Waals surface area (Å²) in [5.41, 5.74) is -0.181. The minimum atomic E-state index is -4.31. The fourth-order valence-electron chi connectivity index (χ4n) is 4.60. The van der Waals surface area contributed by atoms with E-state index in [1.807, 2.05) is 35.1 Å². The number of rotatable bonds is 6. The molecule has 0 saturated carbocycles. The molecule has 3 aromatic carbocycles. The number of fused-ring (bicyclic) bond motifs is 1. The Morgan fingerprint density at radius 2 is 1.88 bits per heavy atom. The van der Waals surface area contributed by atoms with Crippen molar-refractivity contribution in [3.8, 4) is 11.5 Å². The van der Waals surface area contributed by atoms with Crippen LogP contribution in [0.25, 0.3) is 10.8 Å². The van der Waals surface area contributed by atoms with Gasteiger partial charge in [0.1, 0.15) is 42.0 Å². The van der Waals surface area contributed by atoms with Gasteiger partial charge in [0.2, 0.25) is 0 Å². The summed E-state index contributed by atoms with van der Waals surface area (Å²) in [5.74, 6) is -1.31. The molecule has 2 aliphatic heterocycles. The number of ether oxygens (including phenoxy) is 3. The quantitative estimate of drug-likeness (QED) is 0.473. The van der Waals surface area contributed by atoms with Gasteiger partial charge in [0, 0.05) is 18.4 Å². The Morgan fingerprint density at radius 1 is 1.12 bits per heavy atom. The van der Waals surface area contributed by atoms with Crippen LogP contribution in [0.4, 0.5) is 14.9 Å². The van der Waals surface area contributed by atoms with Gasteiger partial charge in [-0.05, 0) is 49.9 Å². The normalized spacial score (nSPS) is 18.6. The van der Waals surface area contributed by atoms with Crippen LogP contribution in [0.5, 0.6) is 11.5 Å². The molecular formula is C28H30FN3O7S. The summed E-state index contributed by atoms with van der Waals surface area (Å²) in [6.45, 7) is 5.64.